The number of hydrogen-bond acceptors (Lipinski definition) is 5. The second kappa shape index (κ2) is 3.87. The van der Waals surface area contributed by atoms with Crippen LogP contribution in [0.1, 0.15) is 0 Å². The quantitative estimate of drug-likeness (QED) is 0.905. The number of nitrogens with one attached hydrogen (secondary N) is 1. The summed E-state index contributed by atoms with van der Waals surface area (Å²) in [5.74, 6) is 2.33. The molecule has 0 unspecified atom stereocenters. The van der Waals surface area contributed by atoms with E-state index in [1.54, 1.807) is 7.11 Å². The van der Waals surface area contributed by atoms with E-state index in [2.05, 4.69) is 15.2 Å². The summed E-state index contributed by atoms with van der Waals surface area (Å²) < 4.78 is 11.0. The SMILES string of the molecule is CN[C@H]1[C@@H]2CN(c3nc4cc(OC)ccc4o3)C[C@@H]21. The number of ether oxygens (including phenoxy) is 1. The third kappa shape index (κ3) is 1.61. The van der Waals surface area contributed by atoms with E-state index in [-0.39, 0.29) is 0 Å². The Hall–Kier alpha value is -1.75. The minimum atomic E-state index is 0.695. The van der Waals surface area contributed by atoms with Crippen molar-refractivity contribution < 1.29 is 9.15 Å². The van der Waals surface area contributed by atoms with Crippen LogP contribution >= 0.6 is 0 Å². The lowest BCUT2D eigenvalue weighted by Gasteiger charge is -2.16. The highest BCUT2D eigenvalue weighted by atomic mass is 16.5. The maximum Gasteiger partial charge on any atom is 0.298 e. The van der Waals surface area contributed by atoms with E-state index in [0.29, 0.717) is 6.04 Å². The van der Waals surface area contributed by atoms with Crippen molar-refractivity contribution in [2.45, 2.75) is 6.04 Å². The van der Waals surface area contributed by atoms with Gasteiger partial charge in [-0.2, -0.15) is 4.98 Å². The number of hydrogen-bond donors (Lipinski definition) is 1. The lowest BCUT2D eigenvalue weighted by atomic mass is 10.3. The highest BCUT2D eigenvalue weighted by molar-refractivity contribution is 5.76. The second-order valence-electron chi connectivity index (χ2n) is 5.38. The Labute approximate surface area is 111 Å². The first-order chi connectivity index (χ1) is 9.30. The number of methoxy groups -OCH3 is 1. The molecule has 0 spiro atoms. The van der Waals surface area contributed by atoms with Gasteiger partial charge in [-0.25, -0.2) is 0 Å². The molecule has 2 heterocycles. The van der Waals surface area contributed by atoms with Gasteiger partial charge in [0.15, 0.2) is 5.58 Å². The summed E-state index contributed by atoms with van der Waals surface area (Å²) in [5, 5.41) is 3.36. The van der Waals surface area contributed by atoms with E-state index >= 15 is 0 Å². The van der Waals surface area contributed by atoms with Crippen LogP contribution in [0.4, 0.5) is 6.01 Å². The van der Waals surface area contributed by atoms with Crippen LogP contribution in [-0.2, 0) is 0 Å². The Bertz CT molecular complexity index is 612. The minimum Gasteiger partial charge on any atom is -0.497 e. The molecule has 1 N–H and O–H groups in total. The average molecular weight is 259 g/mol. The summed E-state index contributed by atoms with van der Waals surface area (Å²) in [5.41, 5.74) is 1.68. The number of aromatic nitrogens is 1. The van der Waals surface area contributed by atoms with Crippen LogP contribution in [-0.4, -0.2) is 38.3 Å². The van der Waals surface area contributed by atoms with Gasteiger partial charge in [0.25, 0.3) is 6.01 Å². The van der Waals surface area contributed by atoms with Crippen LogP contribution in [0, 0.1) is 11.8 Å². The molecule has 0 radical (unpaired) electrons. The molecule has 0 amide bonds. The van der Waals surface area contributed by atoms with E-state index in [1.165, 1.54) is 0 Å². The predicted molar refractivity (Wildman–Crippen MR) is 72.6 cm³/mol. The molecule has 0 bridgehead atoms. The Balaban J connectivity index is 1.59. The standard InChI is InChI=1S/C14H17N3O2/c1-15-13-9-6-17(7-10(9)13)14-16-11-5-8(18-2)3-4-12(11)19-14/h3-5,9-10,13,15H,6-7H2,1-2H3/t9-,10+,13+. The number of oxazole rings is 1. The molecule has 4 rings (SSSR count). The highest BCUT2D eigenvalue weighted by Crippen LogP contribution is 2.46. The molecule has 5 nitrogen and oxygen atoms in total. The van der Waals surface area contributed by atoms with Gasteiger partial charge in [0.1, 0.15) is 11.3 Å². The van der Waals surface area contributed by atoms with Gasteiger partial charge < -0.3 is 19.4 Å². The lowest BCUT2D eigenvalue weighted by Crippen LogP contribution is -2.29. The number of rotatable bonds is 3. The normalized spacial score (nSPS) is 28.7. The molecular formula is C14H17N3O2. The zero-order chi connectivity index (χ0) is 13.0. The maximum absolute atomic E-state index is 5.83. The fourth-order valence-electron chi connectivity index (χ4n) is 3.27. The highest BCUT2D eigenvalue weighted by Gasteiger charge is 2.55. The van der Waals surface area contributed by atoms with Crippen molar-refractivity contribution in [1.82, 2.24) is 10.3 Å². The monoisotopic (exact) mass is 259 g/mol. The number of anilines is 1. The van der Waals surface area contributed by atoms with Crippen molar-refractivity contribution in [3.8, 4) is 5.75 Å². The van der Waals surface area contributed by atoms with Crippen molar-refractivity contribution in [3.05, 3.63) is 18.2 Å². The molecule has 2 fully saturated rings. The smallest absolute Gasteiger partial charge is 0.298 e. The van der Waals surface area contributed by atoms with Gasteiger partial charge in [-0.1, -0.05) is 0 Å². The van der Waals surface area contributed by atoms with Gasteiger partial charge in [0, 0.05) is 25.2 Å². The Morgan fingerprint density at radius 1 is 1.37 bits per heavy atom. The molecular weight excluding hydrogens is 242 g/mol. The van der Waals surface area contributed by atoms with Crippen molar-refractivity contribution in [3.63, 3.8) is 0 Å². The molecule has 2 aromatic rings. The van der Waals surface area contributed by atoms with Crippen LogP contribution in [0.2, 0.25) is 0 Å². The fourth-order valence-corrected chi connectivity index (χ4v) is 3.27. The number of fused-ring (bicyclic) bond motifs is 2. The van der Waals surface area contributed by atoms with Gasteiger partial charge in [-0.05, 0) is 31.0 Å². The average Bonchev–Trinajstić information content (AvgIpc) is 2.84. The molecule has 100 valence electrons. The summed E-state index contributed by atoms with van der Waals surface area (Å²) >= 11 is 0. The van der Waals surface area contributed by atoms with Crippen LogP contribution in [0.25, 0.3) is 11.1 Å². The largest absolute Gasteiger partial charge is 0.497 e. The topological polar surface area (TPSA) is 50.5 Å². The zero-order valence-electron chi connectivity index (χ0n) is 11.1. The summed E-state index contributed by atoms with van der Waals surface area (Å²) in [7, 11) is 3.70. The Kier molecular flexibility index (Phi) is 2.26. The fraction of sp³-hybridized carbons (Fsp3) is 0.500. The van der Waals surface area contributed by atoms with E-state index in [4.69, 9.17) is 9.15 Å². The van der Waals surface area contributed by atoms with Crippen LogP contribution in [0.15, 0.2) is 22.6 Å². The van der Waals surface area contributed by atoms with Crippen molar-refractivity contribution in [2.75, 3.05) is 32.1 Å². The van der Waals surface area contributed by atoms with E-state index < -0.39 is 0 Å². The Morgan fingerprint density at radius 2 is 2.16 bits per heavy atom. The van der Waals surface area contributed by atoms with E-state index in [1.807, 2.05) is 25.2 Å². The second-order valence-corrected chi connectivity index (χ2v) is 5.38. The summed E-state index contributed by atoms with van der Waals surface area (Å²) in [6, 6.07) is 7.16. The first-order valence-corrected chi connectivity index (χ1v) is 6.67. The van der Waals surface area contributed by atoms with Crippen LogP contribution in [0.3, 0.4) is 0 Å². The van der Waals surface area contributed by atoms with Crippen molar-refractivity contribution in [2.24, 2.45) is 11.8 Å². The van der Waals surface area contributed by atoms with Crippen molar-refractivity contribution in [1.29, 1.82) is 0 Å². The molecule has 1 aliphatic carbocycles. The van der Waals surface area contributed by atoms with Crippen LogP contribution in [0.5, 0.6) is 5.75 Å². The van der Waals surface area contributed by atoms with Crippen molar-refractivity contribution >= 4 is 17.1 Å². The third-order valence-electron chi connectivity index (χ3n) is 4.38. The lowest BCUT2D eigenvalue weighted by molar-refractivity contribution is 0.415. The van der Waals surface area contributed by atoms with Gasteiger partial charge in [0.2, 0.25) is 0 Å². The Morgan fingerprint density at radius 3 is 2.84 bits per heavy atom. The summed E-state index contributed by atoms with van der Waals surface area (Å²) in [6.07, 6.45) is 0. The molecule has 1 aromatic carbocycles. The summed E-state index contributed by atoms with van der Waals surface area (Å²) in [6.45, 7) is 2.08. The predicted octanol–water partition coefficient (Wildman–Crippen LogP) is 1.49. The minimum absolute atomic E-state index is 0.695. The molecule has 5 heteroatoms. The summed E-state index contributed by atoms with van der Waals surface area (Å²) in [4.78, 5) is 6.81. The number of nitrogens with zero attached hydrogens (tertiary/aromatic N) is 2. The van der Waals surface area contributed by atoms with Gasteiger partial charge in [0.05, 0.1) is 7.11 Å². The van der Waals surface area contributed by atoms with E-state index in [9.17, 15) is 0 Å². The first kappa shape index (κ1) is 11.1. The number of benzene rings is 1. The molecule has 1 saturated heterocycles. The zero-order valence-corrected chi connectivity index (χ0v) is 11.1. The van der Waals surface area contributed by atoms with Crippen LogP contribution < -0.4 is 15.0 Å². The molecule has 1 aliphatic heterocycles. The maximum atomic E-state index is 5.83. The van der Waals surface area contributed by atoms with Gasteiger partial charge in [-0.15, -0.1) is 0 Å². The first-order valence-electron chi connectivity index (χ1n) is 6.67. The third-order valence-corrected chi connectivity index (χ3v) is 4.38. The molecule has 2 aliphatic rings. The van der Waals surface area contributed by atoms with E-state index in [0.717, 1.165) is 47.8 Å². The van der Waals surface area contributed by atoms with Gasteiger partial charge in [-0.3, -0.25) is 0 Å². The molecule has 1 saturated carbocycles. The number of piperidine rings is 1. The van der Waals surface area contributed by atoms with Gasteiger partial charge >= 0.3 is 0 Å². The molecule has 1 aromatic heterocycles. The molecule has 3 atom stereocenters. The molecule has 19 heavy (non-hydrogen) atoms.